The van der Waals surface area contributed by atoms with Crippen molar-refractivity contribution in [2.24, 2.45) is 0 Å². The molecule has 0 aliphatic carbocycles. The number of hydrogen-bond donors (Lipinski definition) is 1. The SMILES string of the molecule is CCOc1ncc(I)cc1C(=O)O. The van der Waals surface area contributed by atoms with E-state index in [-0.39, 0.29) is 11.4 Å². The van der Waals surface area contributed by atoms with Gasteiger partial charge in [0, 0.05) is 9.77 Å². The summed E-state index contributed by atoms with van der Waals surface area (Å²) in [6.45, 7) is 2.19. The van der Waals surface area contributed by atoms with Crippen LogP contribution in [0.5, 0.6) is 5.88 Å². The fourth-order valence-corrected chi connectivity index (χ4v) is 1.28. The summed E-state index contributed by atoms with van der Waals surface area (Å²) in [6, 6.07) is 1.53. The Hall–Kier alpha value is -0.850. The van der Waals surface area contributed by atoms with Crippen molar-refractivity contribution in [3.63, 3.8) is 0 Å². The van der Waals surface area contributed by atoms with Crippen molar-refractivity contribution < 1.29 is 14.6 Å². The van der Waals surface area contributed by atoms with Crippen LogP contribution in [0.4, 0.5) is 0 Å². The number of ether oxygens (including phenoxy) is 1. The van der Waals surface area contributed by atoms with E-state index in [4.69, 9.17) is 9.84 Å². The van der Waals surface area contributed by atoms with E-state index in [1.165, 1.54) is 6.07 Å². The van der Waals surface area contributed by atoms with Crippen LogP contribution in [0.3, 0.4) is 0 Å². The van der Waals surface area contributed by atoms with Gasteiger partial charge in [-0.15, -0.1) is 0 Å². The summed E-state index contributed by atoms with van der Waals surface area (Å²) in [6.07, 6.45) is 1.57. The molecule has 1 aromatic rings. The van der Waals surface area contributed by atoms with Crippen molar-refractivity contribution in [3.8, 4) is 5.88 Å². The van der Waals surface area contributed by atoms with Gasteiger partial charge in [0.1, 0.15) is 5.56 Å². The van der Waals surface area contributed by atoms with Crippen molar-refractivity contribution in [1.29, 1.82) is 0 Å². The molecule has 0 spiro atoms. The maximum atomic E-state index is 10.7. The Morgan fingerprint density at radius 1 is 1.77 bits per heavy atom. The fourth-order valence-electron chi connectivity index (χ4n) is 0.832. The molecule has 0 atom stereocenters. The Morgan fingerprint density at radius 2 is 2.46 bits per heavy atom. The molecule has 4 nitrogen and oxygen atoms in total. The Balaban J connectivity index is 3.10. The Bertz CT molecular complexity index is 327. The normalized spacial score (nSPS) is 9.69. The maximum absolute atomic E-state index is 10.7. The van der Waals surface area contributed by atoms with Crippen LogP contribution in [0, 0.1) is 3.57 Å². The first-order valence-corrected chi connectivity index (χ1v) is 4.74. The van der Waals surface area contributed by atoms with Gasteiger partial charge in [-0.3, -0.25) is 0 Å². The highest BCUT2D eigenvalue weighted by molar-refractivity contribution is 14.1. The zero-order valence-corrected chi connectivity index (χ0v) is 9.11. The number of carbonyl (C=O) groups is 1. The van der Waals surface area contributed by atoms with Crippen LogP contribution in [0.25, 0.3) is 0 Å². The number of carboxylic acid groups (broad SMARTS) is 1. The number of carboxylic acids is 1. The Labute approximate surface area is 89.1 Å². The van der Waals surface area contributed by atoms with Crippen molar-refractivity contribution in [2.45, 2.75) is 6.92 Å². The third kappa shape index (κ3) is 2.55. The summed E-state index contributed by atoms with van der Waals surface area (Å²) < 4.78 is 5.83. The lowest BCUT2D eigenvalue weighted by atomic mass is 10.3. The van der Waals surface area contributed by atoms with Crippen molar-refractivity contribution in [3.05, 3.63) is 21.4 Å². The first-order valence-electron chi connectivity index (χ1n) is 3.66. The van der Waals surface area contributed by atoms with Crippen LogP contribution in [0.1, 0.15) is 17.3 Å². The van der Waals surface area contributed by atoms with Gasteiger partial charge in [-0.1, -0.05) is 0 Å². The van der Waals surface area contributed by atoms with E-state index in [1.807, 2.05) is 22.6 Å². The zero-order valence-electron chi connectivity index (χ0n) is 6.95. The zero-order chi connectivity index (χ0) is 9.84. The van der Waals surface area contributed by atoms with Crippen molar-refractivity contribution in [1.82, 2.24) is 4.98 Å². The van der Waals surface area contributed by atoms with Crippen LogP contribution in [-0.4, -0.2) is 22.7 Å². The smallest absolute Gasteiger partial charge is 0.341 e. The number of pyridine rings is 1. The lowest BCUT2D eigenvalue weighted by Crippen LogP contribution is -2.05. The number of aromatic carboxylic acids is 1. The summed E-state index contributed by atoms with van der Waals surface area (Å²) >= 11 is 2.00. The van der Waals surface area contributed by atoms with Gasteiger partial charge in [0.15, 0.2) is 0 Å². The predicted molar refractivity (Wildman–Crippen MR) is 55.1 cm³/mol. The van der Waals surface area contributed by atoms with Crippen LogP contribution in [0.2, 0.25) is 0 Å². The molecule has 5 heteroatoms. The van der Waals surface area contributed by atoms with Gasteiger partial charge in [-0.2, -0.15) is 0 Å². The topological polar surface area (TPSA) is 59.4 Å². The lowest BCUT2D eigenvalue weighted by Gasteiger charge is -2.05. The van der Waals surface area contributed by atoms with Gasteiger partial charge in [-0.25, -0.2) is 9.78 Å². The number of rotatable bonds is 3. The molecule has 0 aliphatic heterocycles. The van der Waals surface area contributed by atoms with E-state index in [0.29, 0.717) is 6.61 Å². The Morgan fingerprint density at radius 3 is 3.00 bits per heavy atom. The molecule has 70 valence electrons. The van der Waals surface area contributed by atoms with Gasteiger partial charge in [0.2, 0.25) is 5.88 Å². The molecule has 1 aromatic heterocycles. The molecule has 0 saturated heterocycles. The third-order valence-corrected chi connectivity index (χ3v) is 1.92. The van der Waals surface area contributed by atoms with Gasteiger partial charge in [0.25, 0.3) is 0 Å². The minimum atomic E-state index is -1.02. The first-order chi connectivity index (χ1) is 6.15. The molecule has 1 heterocycles. The predicted octanol–water partition coefficient (Wildman–Crippen LogP) is 1.78. The quantitative estimate of drug-likeness (QED) is 0.863. The van der Waals surface area contributed by atoms with Crippen molar-refractivity contribution in [2.75, 3.05) is 6.61 Å². The number of aromatic nitrogens is 1. The standard InChI is InChI=1S/C8H8INO3/c1-2-13-7-6(8(11)12)3-5(9)4-10-7/h3-4H,2H2,1H3,(H,11,12). The lowest BCUT2D eigenvalue weighted by molar-refractivity contribution is 0.0691. The average Bonchev–Trinajstić information content (AvgIpc) is 2.08. The van der Waals surface area contributed by atoms with E-state index >= 15 is 0 Å². The van der Waals surface area contributed by atoms with Crippen LogP contribution in [0.15, 0.2) is 12.3 Å². The number of nitrogens with zero attached hydrogens (tertiary/aromatic N) is 1. The van der Waals surface area contributed by atoms with E-state index in [9.17, 15) is 4.79 Å². The maximum Gasteiger partial charge on any atom is 0.341 e. The molecular weight excluding hydrogens is 285 g/mol. The summed E-state index contributed by atoms with van der Waals surface area (Å²) in [5, 5.41) is 8.79. The minimum absolute atomic E-state index is 0.105. The number of hydrogen-bond acceptors (Lipinski definition) is 3. The molecule has 0 bridgehead atoms. The molecule has 0 amide bonds. The van der Waals surface area contributed by atoms with Crippen LogP contribution in [-0.2, 0) is 0 Å². The molecule has 0 unspecified atom stereocenters. The first kappa shape index (κ1) is 10.2. The van der Waals surface area contributed by atoms with E-state index in [2.05, 4.69) is 4.98 Å². The fraction of sp³-hybridized carbons (Fsp3) is 0.250. The Kier molecular flexibility index (Phi) is 3.47. The second-order valence-electron chi connectivity index (χ2n) is 2.24. The molecule has 0 radical (unpaired) electrons. The highest BCUT2D eigenvalue weighted by atomic mass is 127. The second kappa shape index (κ2) is 4.40. The minimum Gasteiger partial charge on any atom is -0.477 e. The summed E-state index contributed by atoms with van der Waals surface area (Å²) in [7, 11) is 0. The third-order valence-electron chi connectivity index (χ3n) is 1.33. The number of halogens is 1. The van der Waals surface area contributed by atoms with Crippen LogP contribution >= 0.6 is 22.6 Å². The van der Waals surface area contributed by atoms with Crippen molar-refractivity contribution >= 4 is 28.6 Å². The summed E-state index contributed by atoms with van der Waals surface area (Å²) in [4.78, 5) is 14.6. The molecular formula is C8H8INO3. The molecule has 0 saturated carbocycles. The average molecular weight is 293 g/mol. The summed E-state index contributed by atoms with van der Waals surface area (Å²) in [5.41, 5.74) is 0.105. The molecule has 0 aromatic carbocycles. The molecule has 0 aliphatic rings. The van der Waals surface area contributed by atoms with Gasteiger partial charge in [-0.05, 0) is 35.6 Å². The highest BCUT2D eigenvalue weighted by Crippen LogP contribution is 2.17. The monoisotopic (exact) mass is 293 g/mol. The molecule has 1 N–H and O–H groups in total. The van der Waals surface area contributed by atoms with E-state index < -0.39 is 5.97 Å². The highest BCUT2D eigenvalue weighted by Gasteiger charge is 2.12. The van der Waals surface area contributed by atoms with Gasteiger partial charge >= 0.3 is 5.97 Å². The van der Waals surface area contributed by atoms with Gasteiger partial charge < -0.3 is 9.84 Å². The van der Waals surface area contributed by atoms with Crippen LogP contribution < -0.4 is 4.74 Å². The summed E-state index contributed by atoms with van der Waals surface area (Å²) in [5.74, 6) is -0.843. The van der Waals surface area contributed by atoms with E-state index in [0.717, 1.165) is 3.57 Å². The molecule has 0 fully saturated rings. The largest absolute Gasteiger partial charge is 0.477 e. The second-order valence-corrected chi connectivity index (χ2v) is 3.49. The van der Waals surface area contributed by atoms with Gasteiger partial charge in [0.05, 0.1) is 6.61 Å². The molecule has 13 heavy (non-hydrogen) atoms. The van der Waals surface area contributed by atoms with E-state index in [1.54, 1.807) is 13.1 Å². The molecule has 1 rings (SSSR count).